The lowest BCUT2D eigenvalue weighted by Gasteiger charge is -2.46. The van der Waals surface area contributed by atoms with Crippen molar-refractivity contribution in [3.63, 3.8) is 0 Å². The number of ether oxygens (including phenoxy) is 7. The van der Waals surface area contributed by atoms with Crippen molar-refractivity contribution in [1.82, 2.24) is 0 Å². The van der Waals surface area contributed by atoms with Crippen LogP contribution >= 0.6 is 0 Å². The number of phenols is 3. The van der Waals surface area contributed by atoms with Gasteiger partial charge in [0.05, 0.1) is 24.9 Å². The van der Waals surface area contributed by atoms with Gasteiger partial charge in [-0.15, -0.1) is 0 Å². The maximum Gasteiger partial charge on any atom is 0.338 e. The van der Waals surface area contributed by atoms with Crippen molar-refractivity contribution >= 4 is 16.9 Å². The van der Waals surface area contributed by atoms with Gasteiger partial charge in [-0.05, 0) is 37.3 Å². The summed E-state index contributed by atoms with van der Waals surface area (Å²) in [5.41, 5.74) is -1.69. The highest BCUT2D eigenvalue weighted by molar-refractivity contribution is 5.90. The Morgan fingerprint density at radius 1 is 0.645 bits per heavy atom. The third-order valence-corrected chi connectivity index (χ3v) is 10.6. The lowest BCUT2D eigenvalue weighted by Crippen LogP contribution is -2.65. The number of aliphatic hydroxyl groups excluding tert-OH is 9. The summed E-state index contributed by atoms with van der Waals surface area (Å²) in [4.78, 5) is 27.4. The van der Waals surface area contributed by atoms with Gasteiger partial charge in [-0.2, -0.15) is 0 Å². The zero-order chi connectivity index (χ0) is 44.7. The second-order valence-corrected chi connectivity index (χ2v) is 14.8. The van der Waals surface area contributed by atoms with Gasteiger partial charge in [0.2, 0.25) is 23.8 Å². The van der Waals surface area contributed by atoms with E-state index in [9.17, 15) is 70.9 Å². The molecule has 3 aliphatic rings. The molecule has 22 heteroatoms. The van der Waals surface area contributed by atoms with E-state index in [2.05, 4.69) is 0 Å². The molecule has 0 radical (unpaired) electrons. The average molecular weight is 877 g/mol. The van der Waals surface area contributed by atoms with Crippen LogP contribution < -0.4 is 14.9 Å². The van der Waals surface area contributed by atoms with Crippen LogP contribution in [0.2, 0.25) is 0 Å². The van der Waals surface area contributed by atoms with Gasteiger partial charge in [-0.25, -0.2) is 4.79 Å². The zero-order valence-corrected chi connectivity index (χ0v) is 32.3. The number of fused-ring (bicyclic) bond motifs is 1. The summed E-state index contributed by atoms with van der Waals surface area (Å²) in [5.74, 6) is -4.72. The average Bonchev–Trinajstić information content (AvgIpc) is 3.25. The summed E-state index contributed by atoms with van der Waals surface area (Å²) in [7, 11) is 0. The highest BCUT2D eigenvalue weighted by Crippen LogP contribution is 2.41. The van der Waals surface area contributed by atoms with Crippen LogP contribution in [0.25, 0.3) is 22.3 Å². The lowest BCUT2D eigenvalue weighted by atomic mass is 9.97. The van der Waals surface area contributed by atoms with Crippen molar-refractivity contribution in [2.24, 2.45) is 0 Å². The smallest absolute Gasteiger partial charge is 0.338 e. The molecule has 0 bridgehead atoms. The third kappa shape index (κ3) is 8.61. The molecule has 12 N–H and O–H groups in total. The first kappa shape index (κ1) is 44.9. The van der Waals surface area contributed by atoms with Gasteiger partial charge in [-0.1, -0.05) is 18.2 Å². The Hall–Kier alpha value is -5.18. The van der Waals surface area contributed by atoms with Crippen molar-refractivity contribution < 1.29 is 104 Å². The molecule has 3 aromatic carbocycles. The fourth-order valence-electron chi connectivity index (χ4n) is 7.17. The molecule has 0 aliphatic carbocycles. The van der Waals surface area contributed by atoms with Crippen LogP contribution in [0.1, 0.15) is 17.3 Å². The van der Waals surface area contributed by atoms with Gasteiger partial charge in [0.1, 0.15) is 77.4 Å². The Labute approximate surface area is 349 Å². The molecule has 15 atom stereocenters. The lowest BCUT2D eigenvalue weighted by molar-refractivity contribution is -0.357. The normalized spacial score (nSPS) is 33.8. The maximum absolute atomic E-state index is 14.4. The topological polar surface area (TPSA) is 355 Å². The van der Waals surface area contributed by atoms with E-state index in [0.29, 0.717) is 0 Å². The molecule has 0 unspecified atom stereocenters. The molecule has 0 saturated carbocycles. The molecule has 62 heavy (non-hydrogen) atoms. The van der Waals surface area contributed by atoms with E-state index in [1.165, 1.54) is 37.3 Å². The van der Waals surface area contributed by atoms with Crippen LogP contribution in [-0.2, 0) is 23.7 Å². The summed E-state index contributed by atoms with van der Waals surface area (Å²) in [5, 5.41) is 127. The zero-order valence-electron chi connectivity index (χ0n) is 32.3. The predicted octanol–water partition coefficient (Wildman–Crippen LogP) is -2.35. The number of esters is 1. The van der Waals surface area contributed by atoms with Crippen LogP contribution in [0.5, 0.6) is 28.7 Å². The summed E-state index contributed by atoms with van der Waals surface area (Å²) >= 11 is 0. The minimum atomic E-state index is -2.09. The number of hydrogen-bond acceptors (Lipinski definition) is 22. The maximum atomic E-state index is 14.4. The molecule has 336 valence electrons. The van der Waals surface area contributed by atoms with Gasteiger partial charge in [-0.3, -0.25) is 4.79 Å². The summed E-state index contributed by atoms with van der Waals surface area (Å²) in [6.45, 7) is -0.433. The van der Waals surface area contributed by atoms with E-state index >= 15 is 0 Å². The quantitative estimate of drug-likeness (QED) is 0.0554. The Morgan fingerprint density at radius 3 is 2.00 bits per heavy atom. The van der Waals surface area contributed by atoms with Crippen molar-refractivity contribution in [3.8, 4) is 40.1 Å². The summed E-state index contributed by atoms with van der Waals surface area (Å²) < 4.78 is 45.8. The van der Waals surface area contributed by atoms with E-state index < -0.39 is 156 Å². The largest absolute Gasteiger partial charge is 0.507 e. The van der Waals surface area contributed by atoms with Crippen LogP contribution in [0.3, 0.4) is 0 Å². The SMILES string of the molecule is C[C@H]1O[C@H](Oc2cc(O)c3c(=O)c(O[C@@H]4O[C@H](CO)[C@H](O)[C@@H](O)[C@@H]4O[C@@H]4O[C@@H](CO)[C@@H](O)[C@H](OC(=O)c5ccccc5)[C@@H]4O)c(-c4ccc(O)c(O)c4)oc3c2)[C@@H](O)[C@@H](O)[C@H]1O. The summed E-state index contributed by atoms with van der Waals surface area (Å²) in [6, 6.07) is 12.7. The van der Waals surface area contributed by atoms with E-state index in [1.54, 1.807) is 6.07 Å². The molecular formula is C40H44O22. The Bertz CT molecular complexity index is 2270. The van der Waals surface area contributed by atoms with E-state index in [0.717, 1.165) is 24.3 Å². The Balaban J connectivity index is 1.26. The molecule has 1 aromatic heterocycles. The summed E-state index contributed by atoms with van der Waals surface area (Å²) in [6.07, 6.45) is -26.5. The highest BCUT2D eigenvalue weighted by Gasteiger charge is 2.53. The number of carbonyl (C=O) groups is 1. The fourth-order valence-corrected chi connectivity index (χ4v) is 7.17. The number of carbonyl (C=O) groups excluding carboxylic acids is 1. The number of aliphatic hydroxyl groups is 9. The van der Waals surface area contributed by atoms with Gasteiger partial charge in [0.25, 0.3) is 0 Å². The van der Waals surface area contributed by atoms with Crippen LogP contribution in [0.15, 0.2) is 69.9 Å². The second kappa shape index (κ2) is 18.3. The van der Waals surface area contributed by atoms with Gasteiger partial charge < -0.3 is 98.9 Å². The van der Waals surface area contributed by atoms with E-state index in [1.807, 2.05) is 0 Å². The minimum Gasteiger partial charge on any atom is -0.507 e. The van der Waals surface area contributed by atoms with Gasteiger partial charge >= 0.3 is 5.97 Å². The monoisotopic (exact) mass is 876 g/mol. The molecule has 0 amide bonds. The van der Waals surface area contributed by atoms with Crippen molar-refractivity contribution in [2.45, 2.75) is 99.0 Å². The molecule has 7 rings (SSSR count). The van der Waals surface area contributed by atoms with E-state index in [4.69, 9.17) is 37.6 Å². The number of aromatic hydroxyl groups is 3. The Kier molecular flexibility index (Phi) is 13.2. The second-order valence-electron chi connectivity index (χ2n) is 14.8. The number of benzene rings is 3. The molecule has 0 spiro atoms. The third-order valence-electron chi connectivity index (χ3n) is 10.6. The molecule has 4 aromatic rings. The number of hydrogen-bond donors (Lipinski definition) is 12. The minimum absolute atomic E-state index is 0.0353. The van der Waals surface area contributed by atoms with Crippen LogP contribution in [0.4, 0.5) is 0 Å². The predicted molar refractivity (Wildman–Crippen MR) is 203 cm³/mol. The van der Waals surface area contributed by atoms with Crippen molar-refractivity contribution in [1.29, 1.82) is 0 Å². The first-order valence-corrected chi connectivity index (χ1v) is 19.1. The molecule has 3 aliphatic heterocycles. The first-order valence-electron chi connectivity index (χ1n) is 19.1. The van der Waals surface area contributed by atoms with Gasteiger partial charge in [0.15, 0.2) is 35.8 Å². The van der Waals surface area contributed by atoms with Crippen LogP contribution in [-0.4, -0.2) is 173 Å². The number of rotatable bonds is 11. The molecular weight excluding hydrogens is 832 g/mol. The standard InChI is InChI=1S/C40H44O22/c1-14-25(46)29(50)31(52)38(55-14)56-17-10-20(45)24-21(11-17)57-33(16-7-8-18(43)19(44)9-16)35(28(24)49)61-40-36(30(51)26(47)22(12-41)59-40)62-39-32(53)34(27(48)23(13-42)58-39)60-37(54)15-5-3-2-4-6-15/h2-11,14,22-23,25-27,29-32,34,36,38-48,50-53H,12-13H2,1H3/t14-,22-,23+,25+,26+,27-,29+,30-,31+,32+,34+,36+,38-,39+,40+/m1/s1. The van der Waals surface area contributed by atoms with E-state index in [-0.39, 0.29) is 16.9 Å². The van der Waals surface area contributed by atoms with Crippen molar-refractivity contribution in [3.05, 3.63) is 76.5 Å². The molecule has 3 fully saturated rings. The van der Waals surface area contributed by atoms with Crippen molar-refractivity contribution in [2.75, 3.05) is 13.2 Å². The number of phenolic OH excluding ortho intramolecular Hbond substituents is 3. The molecule has 4 heterocycles. The van der Waals surface area contributed by atoms with Gasteiger partial charge in [0, 0.05) is 17.7 Å². The van der Waals surface area contributed by atoms with Crippen LogP contribution in [0, 0.1) is 0 Å². The molecule has 3 saturated heterocycles. The molecule has 22 nitrogen and oxygen atoms in total. The Morgan fingerprint density at radius 2 is 1.32 bits per heavy atom. The highest BCUT2D eigenvalue weighted by atomic mass is 16.8. The fraction of sp³-hybridized carbons (Fsp3) is 0.450. The first-order chi connectivity index (χ1) is 29.5.